The Morgan fingerprint density at radius 3 is 1.32 bits per heavy atom. The highest BCUT2D eigenvalue weighted by atomic mass is 16.1. The number of hydrogen-bond donors (Lipinski definition) is 1. The fourth-order valence-electron chi connectivity index (χ4n) is 3.92. The van der Waals surface area contributed by atoms with Crippen molar-refractivity contribution in [3.63, 3.8) is 0 Å². The molecule has 0 aliphatic rings. The molecule has 0 aromatic carbocycles. The van der Waals surface area contributed by atoms with Crippen molar-refractivity contribution in [3.05, 3.63) is 12.7 Å². The van der Waals surface area contributed by atoms with E-state index in [-0.39, 0.29) is 11.4 Å². The largest absolute Gasteiger partial charge is 0.348 e. The molecule has 0 bridgehead atoms. The second-order valence-electron chi connectivity index (χ2n) is 9.34. The molecule has 28 heavy (non-hydrogen) atoms. The van der Waals surface area contributed by atoms with Gasteiger partial charge < -0.3 is 5.32 Å². The number of carbonyl (C=O) groups is 1. The molecule has 0 aromatic heterocycles. The molecule has 0 aliphatic carbocycles. The summed E-state index contributed by atoms with van der Waals surface area (Å²) < 4.78 is 0. The molecule has 2 heteroatoms. The van der Waals surface area contributed by atoms with Gasteiger partial charge in [-0.05, 0) is 26.3 Å². The third kappa shape index (κ3) is 20.0. The molecule has 0 fully saturated rings. The molecule has 0 atom stereocenters. The summed E-state index contributed by atoms with van der Waals surface area (Å²) in [6.07, 6.45) is 27.7. The minimum Gasteiger partial charge on any atom is -0.348 e. The highest BCUT2D eigenvalue weighted by Crippen LogP contribution is 2.17. The normalized spacial score (nSPS) is 11.5. The van der Waals surface area contributed by atoms with Crippen LogP contribution in [0, 0.1) is 0 Å². The molecular weight excluding hydrogens is 342 g/mol. The minimum absolute atomic E-state index is 0.0626. The van der Waals surface area contributed by atoms with Gasteiger partial charge in [-0.2, -0.15) is 0 Å². The van der Waals surface area contributed by atoms with Crippen LogP contribution in [-0.4, -0.2) is 11.4 Å². The van der Waals surface area contributed by atoms with Crippen LogP contribution in [0.4, 0.5) is 0 Å². The average Bonchev–Trinajstić information content (AvgIpc) is 2.66. The van der Waals surface area contributed by atoms with Gasteiger partial charge in [0.05, 0.1) is 0 Å². The van der Waals surface area contributed by atoms with E-state index in [2.05, 4.69) is 32.7 Å². The standard InChI is InChI=1S/C26H51NO/c1-5-7-8-9-10-11-12-13-14-15-16-17-18-19-20-21-22-23-24-26(3,4)27-25(28)6-2/h6H,2,5,7-24H2,1,3-4H3,(H,27,28). The van der Waals surface area contributed by atoms with E-state index >= 15 is 0 Å². The number of amides is 1. The molecule has 0 saturated heterocycles. The van der Waals surface area contributed by atoms with Gasteiger partial charge in [0, 0.05) is 5.54 Å². The quantitative estimate of drug-likeness (QED) is 0.154. The van der Waals surface area contributed by atoms with Crippen LogP contribution in [0.25, 0.3) is 0 Å². The maximum atomic E-state index is 11.4. The average molecular weight is 394 g/mol. The van der Waals surface area contributed by atoms with Crippen molar-refractivity contribution >= 4 is 5.91 Å². The third-order valence-electron chi connectivity index (χ3n) is 5.80. The Kier molecular flexibility index (Phi) is 19.0. The van der Waals surface area contributed by atoms with Gasteiger partial charge in [0.2, 0.25) is 5.91 Å². The van der Waals surface area contributed by atoms with Gasteiger partial charge in [0.25, 0.3) is 0 Å². The molecule has 1 N–H and O–H groups in total. The smallest absolute Gasteiger partial charge is 0.243 e. The lowest BCUT2D eigenvalue weighted by Crippen LogP contribution is -2.42. The maximum Gasteiger partial charge on any atom is 0.243 e. The van der Waals surface area contributed by atoms with Gasteiger partial charge >= 0.3 is 0 Å². The zero-order valence-corrected chi connectivity index (χ0v) is 19.6. The van der Waals surface area contributed by atoms with Gasteiger partial charge in [0.15, 0.2) is 0 Å². The van der Waals surface area contributed by atoms with Gasteiger partial charge in [-0.3, -0.25) is 4.79 Å². The molecule has 0 rings (SSSR count). The first-order valence-corrected chi connectivity index (χ1v) is 12.5. The second kappa shape index (κ2) is 19.5. The Labute approximate surface area is 177 Å². The van der Waals surface area contributed by atoms with E-state index in [1.807, 2.05) is 0 Å². The highest BCUT2D eigenvalue weighted by Gasteiger charge is 2.18. The Balaban J connectivity index is 3.22. The summed E-state index contributed by atoms with van der Waals surface area (Å²) in [6, 6.07) is 0. The molecule has 1 amide bonds. The molecule has 0 radical (unpaired) electrons. The van der Waals surface area contributed by atoms with Crippen LogP contribution in [-0.2, 0) is 4.79 Å². The Morgan fingerprint density at radius 1 is 0.679 bits per heavy atom. The van der Waals surface area contributed by atoms with E-state index in [1.165, 1.54) is 122 Å². The maximum absolute atomic E-state index is 11.4. The van der Waals surface area contributed by atoms with Crippen LogP contribution < -0.4 is 5.32 Å². The summed E-state index contributed by atoms with van der Waals surface area (Å²) in [5, 5.41) is 3.01. The topological polar surface area (TPSA) is 29.1 Å². The van der Waals surface area contributed by atoms with E-state index in [0.717, 1.165) is 6.42 Å². The van der Waals surface area contributed by atoms with Gasteiger partial charge in [-0.1, -0.05) is 129 Å². The van der Waals surface area contributed by atoms with Crippen molar-refractivity contribution in [1.29, 1.82) is 0 Å². The Bertz CT molecular complexity index is 361. The highest BCUT2D eigenvalue weighted by molar-refractivity contribution is 5.87. The van der Waals surface area contributed by atoms with Crippen molar-refractivity contribution in [3.8, 4) is 0 Å². The number of unbranched alkanes of at least 4 members (excludes halogenated alkanes) is 17. The summed E-state index contributed by atoms with van der Waals surface area (Å²) in [4.78, 5) is 11.4. The van der Waals surface area contributed by atoms with E-state index in [0.29, 0.717) is 0 Å². The molecule has 0 spiro atoms. The van der Waals surface area contributed by atoms with Crippen LogP contribution >= 0.6 is 0 Å². The number of hydrogen-bond acceptors (Lipinski definition) is 1. The van der Waals surface area contributed by atoms with Crippen molar-refractivity contribution in [2.24, 2.45) is 0 Å². The Morgan fingerprint density at radius 2 is 1.00 bits per heavy atom. The lowest BCUT2D eigenvalue weighted by Gasteiger charge is -2.25. The van der Waals surface area contributed by atoms with Gasteiger partial charge in [0.1, 0.15) is 0 Å². The molecule has 0 heterocycles. The van der Waals surface area contributed by atoms with Crippen LogP contribution in [0.1, 0.15) is 143 Å². The van der Waals surface area contributed by atoms with Crippen LogP contribution in [0.15, 0.2) is 12.7 Å². The van der Waals surface area contributed by atoms with E-state index in [9.17, 15) is 4.79 Å². The molecule has 0 aliphatic heterocycles. The summed E-state index contributed by atoms with van der Waals surface area (Å²) in [5.74, 6) is -0.0626. The van der Waals surface area contributed by atoms with Crippen LogP contribution in [0.2, 0.25) is 0 Å². The zero-order valence-electron chi connectivity index (χ0n) is 19.6. The molecule has 0 aromatic rings. The van der Waals surface area contributed by atoms with Crippen LogP contribution in [0.5, 0.6) is 0 Å². The number of nitrogens with one attached hydrogen (secondary N) is 1. The SMILES string of the molecule is C=CC(=O)NC(C)(C)CCCCCCCCCCCCCCCCCCCC. The fraction of sp³-hybridized carbons (Fsp3) is 0.885. The van der Waals surface area contributed by atoms with Crippen LogP contribution in [0.3, 0.4) is 0 Å². The van der Waals surface area contributed by atoms with E-state index in [1.54, 1.807) is 0 Å². The molecule has 0 saturated carbocycles. The van der Waals surface area contributed by atoms with Gasteiger partial charge in [-0.25, -0.2) is 0 Å². The van der Waals surface area contributed by atoms with Crippen molar-refractivity contribution in [2.45, 2.75) is 148 Å². The first-order valence-electron chi connectivity index (χ1n) is 12.5. The number of carbonyl (C=O) groups excluding carboxylic acids is 1. The third-order valence-corrected chi connectivity index (χ3v) is 5.80. The molecular formula is C26H51NO. The lowest BCUT2D eigenvalue weighted by atomic mass is 9.95. The fourth-order valence-corrected chi connectivity index (χ4v) is 3.92. The summed E-state index contributed by atoms with van der Waals surface area (Å²) >= 11 is 0. The van der Waals surface area contributed by atoms with Crippen molar-refractivity contribution in [1.82, 2.24) is 5.32 Å². The zero-order chi connectivity index (χ0) is 20.9. The van der Waals surface area contributed by atoms with Gasteiger partial charge in [-0.15, -0.1) is 0 Å². The first kappa shape index (κ1) is 27.2. The van der Waals surface area contributed by atoms with E-state index in [4.69, 9.17) is 0 Å². The first-order chi connectivity index (χ1) is 13.5. The van der Waals surface area contributed by atoms with E-state index < -0.39 is 0 Å². The van der Waals surface area contributed by atoms with Crippen molar-refractivity contribution in [2.75, 3.05) is 0 Å². The molecule has 2 nitrogen and oxygen atoms in total. The summed E-state index contributed by atoms with van der Waals surface area (Å²) in [5.41, 5.74) is -0.111. The molecule has 0 unspecified atom stereocenters. The summed E-state index contributed by atoms with van der Waals surface area (Å²) in [7, 11) is 0. The predicted molar refractivity (Wildman–Crippen MR) is 126 cm³/mol. The number of rotatable bonds is 21. The second-order valence-corrected chi connectivity index (χ2v) is 9.34. The lowest BCUT2D eigenvalue weighted by molar-refractivity contribution is -0.118. The monoisotopic (exact) mass is 393 g/mol. The summed E-state index contributed by atoms with van der Waals surface area (Å²) in [6.45, 7) is 10.0. The Hall–Kier alpha value is -0.790. The minimum atomic E-state index is -0.111. The van der Waals surface area contributed by atoms with Crippen molar-refractivity contribution < 1.29 is 4.79 Å². The molecule has 166 valence electrons. The predicted octanol–water partition coefficient (Wildman–Crippen LogP) is 8.50.